The molecule has 0 aromatic heterocycles. The van der Waals surface area contributed by atoms with Crippen molar-refractivity contribution in [3.05, 3.63) is 75.2 Å². The highest BCUT2D eigenvalue weighted by atomic mass is 79.9. The number of nitrogens with zero attached hydrogens (tertiary/aromatic N) is 1. The first kappa shape index (κ1) is 22.8. The first-order chi connectivity index (χ1) is 15.0. The quantitative estimate of drug-likeness (QED) is 0.288. The lowest BCUT2D eigenvalue weighted by Gasteiger charge is -2.11. The van der Waals surface area contributed by atoms with E-state index in [2.05, 4.69) is 42.4 Å². The molecule has 0 atom stereocenters. The number of carbonyl (C=O) groups is 1. The van der Waals surface area contributed by atoms with E-state index in [0.29, 0.717) is 32.6 Å². The van der Waals surface area contributed by atoms with Gasteiger partial charge in [0.1, 0.15) is 5.75 Å². The molecule has 0 aliphatic carbocycles. The number of amides is 1. The summed E-state index contributed by atoms with van der Waals surface area (Å²) in [5.41, 5.74) is 5.21. The van der Waals surface area contributed by atoms with Gasteiger partial charge in [0.15, 0.2) is 18.1 Å². The molecule has 0 bridgehead atoms. The molecule has 0 aliphatic heterocycles. The molecule has 0 unspecified atom stereocenters. The molecule has 0 spiro atoms. The van der Waals surface area contributed by atoms with Gasteiger partial charge >= 0.3 is 0 Å². The Morgan fingerprint density at radius 3 is 2.39 bits per heavy atom. The number of phenols is 1. The Morgan fingerprint density at radius 1 is 1.03 bits per heavy atom. The summed E-state index contributed by atoms with van der Waals surface area (Å²) in [7, 11) is 0. The van der Waals surface area contributed by atoms with Crippen LogP contribution in [0.15, 0.2) is 74.7 Å². The molecule has 0 heterocycles. The van der Waals surface area contributed by atoms with E-state index in [0.717, 1.165) is 11.1 Å². The number of carbonyl (C=O) groups excluding carboxylic acids is 1. The molecular formula is C23H20Br2N2O4. The van der Waals surface area contributed by atoms with E-state index in [-0.39, 0.29) is 12.4 Å². The first-order valence-electron chi connectivity index (χ1n) is 9.43. The molecule has 6 nitrogen and oxygen atoms in total. The van der Waals surface area contributed by atoms with Crippen molar-refractivity contribution in [3.8, 4) is 28.4 Å². The van der Waals surface area contributed by atoms with Crippen LogP contribution in [0.5, 0.6) is 17.2 Å². The van der Waals surface area contributed by atoms with Gasteiger partial charge in [-0.1, -0.05) is 42.5 Å². The van der Waals surface area contributed by atoms with Gasteiger partial charge in [0, 0.05) is 10.0 Å². The minimum absolute atomic E-state index is 0.0124. The summed E-state index contributed by atoms with van der Waals surface area (Å²) in [6, 6.07) is 19.1. The van der Waals surface area contributed by atoms with Gasteiger partial charge in [0.2, 0.25) is 0 Å². The van der Waals surface area contributed by atoms with Crippen LogP contribution < -0.4 is 14.9 Å². The Balaban J connectivity index is 1.55. The van der Waals surface area contributed by atoms with Crippen LogP contribution in [0, 0.1) is 0 Å². The Kier molecular flexibility index (Phi) is 8.08. The van der Waals surface area contributed by atoms with Crippen molar-refractivity contribution in [2.45, 2.75) is 6.92 Å². The van der Waals surface area contributed by atoms with Gasteiger partial charge < -0.3 is 14.6 Å². The van der Waals surface area contributed by atoms with Crippen LogP contribution in [-0.4, -0.2) is 30.4 Å². The highest BCUT2D eigenvalue weighted by molar-refractivity contribution is 9.13. The average Bonchev–Trinajstić information content (AvgIpc) is 2.80. The number of nitrogens with one attached hydrogen (secondary N) is 1. The van der Waals surface area contributed by atoms with Crippen LogP contribution >= 0.6 is 31.9 Å². The molecule has 0 aliphatic rings. The molecule has 0 saturated carbocycles. The third-order valence-electron chi connectivity index (χ3n) is 4.20. The number of hydrogen-bond acceptors (Lipinski definition) is 5. The second-order valence-electron chi connectivity index (χ2n) is 6.35. The first-order valence-corrected chi connectivity index (χ1v) is 11.0. The largest absolute Gasteiger partial charge is 0.503 e. The number of benzene rings is 3. The van der Waals surface area contributed by atoms with Gasteiger partial charge in [-0.25, -0.2) is 5.43 Å². The lowest BCUT2D eigenvalue weighted by Crippen LogP contribution is -2.24. The lowest BCUT2D eigenvalue weighted by molar-refractivity contribution is -0.123. The third kappa shape index (κ3) is 6.08. The summed E-state index contributed by atoms with van der Waals surface area (Å²) in [5, 5.41) is 14.0. The van der Waals surface area contributed by atoms with Gasteiger partial charge in [-0.2, -0.15) is 5.10 Å². The molecule has 2 N–H and O–H groups in total. The zero-order valence-corrected chi connectivity index (χ0v) is 19.8. The molecule has 0 radical (unpaired) electrons. The van der Waals surface area contributed by atoms with Crippen molar-refractivity contribution in [1.29, 1.82) is 0 Å². The van der Waals surface area contributed by atoms with Crippen LogP contribution in [-0.2, 0) is 4.79 Å². The molecule has 3 rings (SSSR count). The molecular weight excluding hydrogens is 528 g/mol. The van der Waals surface area contributed by atoms with E-state index >= 15 is 0 Å². The summed E-state index contributed by atoms with van der Waals surface area (Å²) in [4.78, 5) is 12.0. The smallest absolute Gasteiger partial charge is 0.277 e. The lowest BCUT2D eigenvalue weighted by atomic mass is 10.1. The fourth-order valence-corrected chi connectivity index (χ4v) is 3.53. The van der Waals surface area contributed by atoms with Gasteiger partial charge in [-0.15, -0.1) is 0 Å². The molecule has 31 heavy (non-hydrogen) atoms. The maximum absolute atomic E-state index is 12.0. The van der Waals surface area contributed by atoms with Crippen molar-refractivity contribution in [3.63, 3.8) is 0 Å². The summed E-state index contributed by atoms with van der Waals surface area (Å²) < 4.78 is 11.9. The van der Waals surface area contributed by atoms with E-state index < -0.39 is 5.91 Å². The molecule has 8 heteroatoms. The fraction of sp³-hybridized carbons (Fsp3) is 0.130. The third-order valence-corrected chi connectivity index (χ3v) is 6.36. The predicted octanol–water partition coefficient (Wildman–Crippen LogP) is 5.51. The summed E-state index contributed by atoms with van der Waals surface area (Å²) in [5.74, 6) is 0.488. The summed E-state index contributed by atoms with van der Waals surface area (Å²) in [6.07, 6.45) is 1.45. The molecule has 0 saturated heterocycles. The molecule has 160 valence electrons. The van der Waals surface area contributed by atoms with E-state index in [9.17, 15) is 9.90 Å². The minimum Gasteiger partial charge on any atom is -0.503 e. The van der Waals surface area contributed by atoms with Gasteiger partial charge in [-0.05, 0) is 68.1 Å². The normalized spacial score (nSPS) is 10.8. The highest BCUT2D eigenvalue weighted by Gasteiger charge is 2.14. The van der Waals surface area contributed by atoms with E-state index in [1.54, 1.807) is 6.07 Å². The number of hydrazone groups is 1. The Bertz CT molecular complexity index is 1070. The van der Waals surface area contributed by atoms with Crippen molar-refractivity contribution < 1.29 is 19.4 Å². The van der Waals surface area contributed by atoms with Crippen LogP contribution in [0.3, 0.4) is 0 Å². The molecule has 1 amide bonds. The maximum atomic E-state index is 12.0. The van der Waals surface area contributed by atoms with Crippen molar-refractivity contribution in [2.75, 3.05) is 13.2 Å². The minimum atomic E-state index is -0.401. The van der Waals surface area contributed by atoms with Crippen molar-refractivity contribution >= 4 is 44.0 Å². The van der Waals surface area contributed by atoms with Crippen LogP contribution in [0.25, 0.3) is 11.1 Å². The standard InChI is InChI=1S/C23H20Br2N2O4/c1-2-30-19-12-17(21(24)22(25)23(19)29)13-26-27-20(28)14-31-18-10-8-16(9-11-18)15-6-4-3-5-7-15/h3-13,29H,2,14H2,1H3,(H,27,28). The average molecular weight is 548 g/mol. The Morgan fingerprint density at radius 2 is 1.71 bits per heavy atom. The second kappa shape index (κ2) is 11.0. The number of rotatable bonds is 8. The zero-order chi connectivity index (χ0) is 22.2. The van der Waals surface area contributed by atoms with Crippen LogP contribution in [0.1, 0.15) is 12.5 Å². The SMILES string of the molecule is CCOc1cc(C=NNC(=O)COc2ccc(-c3ccccc3)cc2)c(Br)c(Br)c1O. The Labute approximate surface area is 197 Å². The van der Waals surface area contributed by atoms with Crippen LogP contribution in [0.4, 0.5) is 0 Å². The Hall–Kier alpha value is -2.84. The number of ether oxygens (including phenoxy) is 2. The topological polar surface area (TPSA) is 80.2 Å². The van der Waals surface area contributed by atoms with E-state index in [1.807, 2.05) is 61.5 Å². The van der Waals surface area contributed by atoms with Crippen molar-refractivity contribution in [1.82, 2.24) is 5.43 Å². The van der Waals surface area contributed by atoms with Crippen LogP contribution in [0.2, 0.25) is 0 Å². The monoisotopic (exact) mass is 546 g/mol. The summed E-state index contributed by atoms with van der Waals surface area (Å²) >= 11 is 6.67. The van der Waals surface area contributed by atoms with Gasteiger partial charge in [0.25, 0.3) is 5.91 Å². The highest BCUT2D eigenvalue weighted by Crippen LogP contribution is 2.41. The van der Waals surface area contributed by atoms with E-state index in [1.165, 1.54) is 6.21 Å². The predicted molar refractivity (Wildman–Crippen MR) is 128 cm³/mol. The number of hydrogen-bond donors (Lipinski definition) is 2. The van der Waals surface area contributed by atoms with E-state index in [4.69, 9.17) is 9.47 Å². The molecule has 3 aromatic carbocycles. The van der Waals surface area contributed by atoms with Gasteiger partial charge in [0.05, 0.1) is 17.3 Å². The summed E-state index contributed by atoms with van der Waals surface area (Å²) in [6.45, 7) is 2.05. The second-order valence-corrected chi connectivity index (χ2v) is 7.93. The maximum Gasteiger partial charge on any atom is 0.277 e. The fourth-order valence-electron chi connectivity index (χ4n) is 2.70. The molecule has 0 fully saturated rings. The number of aromatic hydroxyl groups is 1. The van der Waals surface area contributed by atoms with Gasteiger partial charge in [-0.3, -0.25) is 4.79 Å². The number of phenolic OH excluding ortho intramolecular Hbond substituents is 1. The van der Waals surface area contributed by atoms with Crippen molar-refractivity contribution in [2.24, 2.45) is 5.10 Å². The molecule has 3 aromatic rings. The zero-order valence-electron chi connectivity index (χ0n) is 16.6. The number of halogens is 2.